The monoisotopic (exact) mass is 158 g/mol. The summed E-state index contributed by atoms with van der Waals surface area (Å²) >= 11 is 0. The van der Waals surface area contributed by atoms with Crippen LogP contribution in [0.4, 0.5) is 5.69 Å². The highest BCUT2D eigenvalue weighted by Crippen LogP contribution is 2.36. The fraction of sp³-hybridized carbons (Fsp3) is 0.364. The number of hydrogen-bond acceptors (Lipinski definition) is 1. The van der Waals surface area contributed by atoms with Gasteiger partial charge in [-0.05, 0) is 18.6 Å². The molecule has 1 nitrogen and oxygen atoms in total. The molecule has 0 spiro atoms. The number of rotatable bonds is 0. The summed E-state index contributed by atoms with van der Waals surface area (Å²) < 4.78 is 0. The van der Waals surface area contributed by atoms with Gasteiger partial charge in [-0.1, -0.05) is 31.5 Å². The lowest BCUT2D eigenvalue weighted by atomic mass is 9.86. The van der Waals surface area contributed by atoms with Crippen molar-refractivity contribution in [2.45, 2.75) is 26.2 Å². The second-order valence-electron chi connectivity index (χ2n) is 3.87. The molecule has 0 bridgehead atoms. The first kappa shape index (κ1) is 7.53. The molecule has 0 saturated carbocycles. The molecule has 1 heterocycles. The van der Waals surface area contributed by atoms with E-state index < -0.39 is 0 Å². The van der Waals surface area contributed by atoms with Gasteiger partial charge >= 0.3 is 0 Å². The normalized spacial score (nSPS) is 17.9. The van der Waals surface area contributed by atoms with Crippen molar-refractivity contribution in [1.29, 1.82) is 0 Å². The van der Waals surface area contributed by atoms with E-state index >= 15 is 0 Å². The van der Waals surface area contributed by atoms with Crippen LogP contribution >= 0.6 is 0 Å². The van der Waals surface area contributed by atoms with E-state index in [0.717, 1.165) is 5.69 Å². The minimum absolute atomic E-state index is 0.00134. The second kappa shape index (κ2) is 2.19. The Balaban J connectivity index is 2.63. The molecule has 2 rings (SSSR count). The topological polar surface area (TPSA) is 12.4 Å². The zero-order valence-electron chi connectivity index (χ0n) is 7.68. The molecule has 0 fully saturated rings. The first-order valence-corrected chi connectivity index (χ1v) is 4.19. The largest absolute Gasteiger partial charge is 0.250 e. The summed E-state index contributed by atoms with van der Waals surface area (Å²) in [5, 5.41) is 0. The Morgan fingerprint density at radius 1 is 1.33 bits per heavy atom. The van der Waals surface area contributed by atoms with Crippen LogP contribution in [0.25, 0.3) is 0 Å². The quantitative estimate of drug-likeness (QED) is 0.550. The Kier molecular flexibility index (Phi) is 1.38. The SMILES string of the molecule is Cc1ccc2c(c1)C(C)(C)[C]=N2. The van der Waals surface area contributed by atoms with Crippen LogP contribution in [-0.4, -0.2) is 6.21 Å². The Labute approximate surface area is 73.1 Å². The van der Waals surface area contributed by atoms with E-state index in [1.165, 1.54) is 11.1 Å². The van der Waals surface area contributed by atoms with Crippen LogP contribution in [0, 0.1) is 6.92 Å². The van der Waals surface area contributed by atoms with Crippen molar-refractivity contribution >= 4 is 11.9 Å². The standard InChI is InChI=1S/C11H12N/c1-8-4-5-10-9(6-8)11(2,3)7-12-10/h4-6H,1-3H3. The maximum atomic E-state index is 4.24. The van der Waals surface area contributed by atoms with Crippen molar-refractivity contribution in [1.82, 2.24) is 0 Å². The summed E-state index contributed by atoms with van der Waals surface area (Å²) in [6, 6.07) is 6.34. The molecule has 0 unspecified atom stereocenters. The molecule has 0 atom stereocenters. The minimum Gasteiger partial charge on any atom is -0.250 e. The van der Waals surface area contributed by atoms with Crippen LogP contribution in [0.2, 0.25) is 0 Å². The Morgan fingerprint density at radius 2 is 2.08 bits per heavy atom. The fourth-order valence-corrected chi connectivity index (χ4v) is 1.51. The molecule has 1 aliphatic heterocycles. The van der Waals surface area contributed by atoms with Crippen molar-refractivity contribution in [3.05, 3.63) is 29.3 Å². The lowest BCUT2D eigenvalue weighted by Crippen LogP contribution is -2.14. The summed E-state index contributed by atoms with van der Waals surface area (Å²) in [7, 11) is 0. The lowest BCUT2D eigenvalue weighted by molar-refractivity contribution is 0.752. The molecule has 1 aliphatic rings. The maximum Gasteiger partial charge on any atom is 0.0735 e. The molecule has 0 amide bonds. The molecular formula is C11H12N. The van der Waals surface area contributed by atoms with Gasteiger partial charge in [0.2, 0.25) is 0 Å². The molecule has 61 valence electrons. The van der Waals surface area contributed by atoms with Crippen molar-refractivity contribution < 1.29 is 0 Å². The Bertz CT molecular complexity index is 348. The van der Waals surface area contributed by atoms with E-state index in [0.29, 0.717) is 0 Å². The summed E-state index contributed by atoms with van der Waals surface area (Å²) in [4.78, 5) is 4.24. The van der Waals surface area contributed by atoms with Gasteiger partial charge in [-0.15, -0.1) is 0 Å². The molecule has 0 N–H and O–H groups in total. The molecule has 12 heavy (non-hydrogen) atoms. The van der Waals surface area contributed by atoms with Gasteiger partial charge in [0, 0.05) is 5.41 Å². The summed E-state index contributed by atoms with van der Waals surface area (Å²) in [6.07, 6.45) is 3.11. The van der Waals surface area contributed by atoms with Crippen molar-refractivity contribution in [2.75, 3.05) is 0 Å². The van der Waals surface area contributed by atoms with Gasteiger partial charge in [-0.25, -0.2) is 0 Å². The molecule has 0 aliphatic carbocycles. The highest BCUT2D eigenvalue weighted by molar-refractivity contribution is 5.84. The molecule has 1 radical (unpaired) electrons. The number of fused-ring (bicyclic) bond motifs is 1. The third kappa shape index (κ3) is 0.970. The number of hydrogen-bond donors (Lipinski definition) is 0. The number of nitrogens with zero attached hydrogens (tertiary/aromatic N) is 1. The van der Waals surface area contributed by atoms with E-state index in [4.69, 9.17) is 0 Å². The van der Waals surface area contributed by atoms with E-state index in [-0.39, 0.29) is 5.41 Å². The number of benzene rings is 1. The molecule has 1 heteroatoms. The van der Waals surface area contributed by atoms with E-state index in [9.17, 15) is 0 Å². The maximum absolute atomic E-state index is 4.24. The highest BCUT2D eigenvalue weighted by atomic mass is 14.8. The second-order valence-corrected chi connectivity index (χ2v) is 3.87. The Hall–Kier alpha value is -1.11. The van der Waals surface area contributed by atoms with Crippen LogP contribution in [0.5, 0.6) is 0 Å². The third-order valence-electron chi connectivity index (χ3n) is 2.28. The highest BCUT2D eigenvalue weighted by Gasteiger charge is 2.26. The number of aryl methyl sites for hydroxylation is 1. The first-order valence-electron chi connectivity index (χ1n) is 4.19. The van der Waals surface area contributed by atoms with Crippen molar-refractivity contribution in [3.63, 3.8) is 0 Å². The summed E-state index contributed by atoms with van der Waals surface area (Å²) in [6.45, 7) is 6.39. The van der Waals surface area contributed by atoms with Crippen LogP contribution in [-0.2, 0) is 5.41 Å². The summed E-state index contributed by atoms with van der Waals surface area (Å²) in [5.74, 6) is 0. The fourth-order valence-electron chi connectivity index (χ4n) is 1.51. The van der Waals surface area contributed by atoms with E-state index in [1.807, 2.05) is 0 Å². The van der Waals surface area contributed by atoms with E-state index in [1.54, 1.807) is 0 Å². The zero-order valence-corrected chi connectivity index (χ0v) is 7.68. The van der Waals surface area contributed by atoms with Gasteiger partial charge in [-0.2, -0.15) is 0 Å². The van der Waals surface area contributed by atoms with Gasteiger partial charge in [0.15, 0.2) is 0 Å². The predicted octanol–water partition coefficient (Wildman–Crippen LogP) is 2.87. The molecule has 1 aromatic carbocycles. The van der Waals surface area contributed by atoms with Gasteiger partial charge in [0.25, 0.3) is 0 Å². The van der Waals surface area contributed by atoms with Gasteiger partial charge in [-0.3, -0.25) is 4.99 Å². The minimum atomic E-state index is 0.00134. The van der Waals surface area contributed by atoms with Gasteiger partial charge in [0.05, 0.1) is 11.9 Å². The zero-order chi connectivity index (χ0) is 8.77. The lowest BCUT2D eigenvalue weighted by Gasteiger charge is -2.14. The Morgan fingerprint density at radius 3 is 2.83 bits per heavy atom. The molecule has 0 aromatic heterocycles. The van der Waals surface area contributed by atoms with Crippen LogP contribution in [0.15, 0.2) is 23.2 Å². The summed E-state index contributed by atoms with van der Waals surface area (Å²) in [5.41, 5.74) is 3.66. The van der Waals surface area contributed by atoms with Crippen LogP contribution < -0.4 is 0 Å². The van der Waals surface area contributed by atoms with Gasteiger partial charge < -0.3 is 0 Å². The average molecular weight is 158 g/mol. The van der Waals surface area contributed by atoms with Crippen molar-refractivity contribution in [2.24, 2.45) is 4.99 Å². The van der Waals surface area contributed by atoms with E-state index in [2.05, 4.69) is 50.2 Å². The third-order valence-corrected chi connectivity index (χ3v) is 2.28. The van der Waals surface area contributed by atoms with Crippen LogP contribution in [0.3, 0.4) is 0 Å². The first-order chi connectivity index (χ1) is 5.59. The molecular weight excluding hydrogens is 146 g/mol. The van der Waals surface area contributed by atoms with Crippen molar-refractivity contribution in [3.8, 4) is 0 Å². The smallest absolute Gasteiger partial charge is 0.0735 e. The average Bonchev–Trinajstić information content (AvgIpc) is 2.28. The number of aliphatic imine (C=N–C) groups is 1. The molecule has 1 aromatic rings. The predicted molar refractivity (Wildman–Crippen MR) is 51.3 cm³/mol. The van der Waals surface area contributed by atoms with Crippen LogP contribution in [0.1, 0.15) is 25.0 Å². The van der Waals surface area contributed by atoms with Gasteiger partial charge in [0.1, 0.15) is 0 Å². The molecule has 0 saturated heterocycles.